The zero-order valence-electron chi connectivity index (χ0n) is 7.62. The van der Waals surface area contributed by atoms with Crippen molar-refractivity contribution in [3.63, 3.8) is 0 Å². The van der Waals surface area contributed by atoms with Gasteiger partial charge in [-0.1, -0.05) is 36.3 Å². The summed E-state index contributed by atoms with van der Waals surface area (Å²) in [4.78, 5) is 0. The second-order valence-electron chi connectivity index (χ2n) is 2.96. The van der Waals surface area contributed by atoms with Crippen molar-refractivity contribution in [1.82, 2.24) is 0 Å². The van der Waals surface area contributed by atoms with Crippen LogP contribution in [0.15, 0.2) is 42.5 Å². The Morgan fingerprint density at radius 3 is 2.50 bits per heavy atom. The molecule has 0 amide bonds. The molecule has 0 aliphatic rings. The normalized spacial score (nSPS) is 8.79. The SMILES string of the molecule is C#CC#Cc1ccc2ccccc2c1. The molecule has 0 aliphatic heterocycles. The highest BCUT2D eigenvalue weighted by molar-refractivity contribution is 5.83. The van der Waals surface area contributed by atoms with E-state index in [4.69, 9.17) is 6.42 Å². The lowest BCUT2D eigenvalue weighted by molar-refractivity contribution is 1.70. The van der Waals surface area contributed by atoms with E-state index in [0.717, 1.165) is 5.56 Å². The first-order chi connectivity index (χ1) is 6.90. The molecule has 0 saturated heterocycles. The molecule has 0 N–H and O–H groups in total. The van der Waals surface area contributed by atoms with Crippen molar-refractivity contribution in [3.8, 4) is 24.2 Å². The molecule has 0 heterocycles. The highest BCUT2D eigenvalue weighted by Crippen LogP contribution is 2.14. The van der Waals surface area contributed by atoms with E-state index in [0.29, 0.717) is 0 Å². The van der Waals surface area contributed by atoms with Gasteiger partial charge in [-0.3, -0.25) is 0 Å². The summed E-state index contributed by atoms with van der Waals surface area (Å²) in [6.45, 7) is 0. The van der Waals surface area contributed by atoms with Crippen molar-refractivity contribution >= 4 is 10.8 Å². The standard InChI is InChI=1S/C14H8/c1-2-3-6-12-9-10-13-7-4-5-8-14(13)11-12/h1,4-5,7-11H. The average molecular weight is 176 g/mol. The number of fused-ring (bicyclic) bond motifs is 1. The van der Waals surface area contributed by atoms with E-state index in [1.165, 1.54) is 10.8 Å². The van der Waals surface area contributed by atoms with Gasteiger partial charge in [0.25, 0.3) is 0 Å². The molecule has 0 heteroatoms. The Hall–Kier alpha value is -2.18. The van der Waals surface area contributed by atoms with Crippen LogP contribution in [0.1, 0.15) is 5.56 Å². The van der Waals surface area contributed by atoms with Crippen LogP contribution in [0.4, 0.5) is 0 Å². The molecule has 2 aromatic carbocycles. The predicted molar refractivity (Wildman–Crippen MR) is 59.7 cm³/mol. The molecule has 14 heavy (non-hydrogen) atoms. The Morgan fingerprint density at radius 1 is 0.929 bits per heavy atom. The van der Waals surface area contributed by atoms with Gasteiger partial charge in [0.05, 0.1) is 0 Å². The summed E-state index contributed by atoms with van der Waals surface area (Å²) in [5, 5.41) is 2.41. The molecule has 0 aliphatic carbocycles. The van der Waals surface area contributed by atoms with Crippen LogP contribution in [-0.4, -0.2) is 0 Å². The van der Waals surface area contributed by atoms with Gasteiger partial charge in [0.2, 0.25) is 0 Å². The summed E-state index contributed by atoms with van der Waals surface area (Å²) in [5.74, 6) is 7.81. The van der Waals surface area contributed by atoms with Crippen molar-refractivity contribution in [2.75, 3.05) is 0 Å². The van der Waals surface area contributed by atoms with Crippen LogP contribution in [0.2, 0.25) is 0 Å². The van der Waals surface area contributed by atoms with E-state index in [2.05, 4.69) is 36.0 Å². The zero-order valence-corrected chi connectivity index (χ0v) is 7.62. The summed E-state index contributed by atoms with van der Waals surface area (Å²) in [6.07, 6.45) is 5.07. The molecule has 0 unspecified atom stereocenters. The maximum absolute atomic E-state index is 5.07. The van der Waals surface area contributed by atoms with E-state index in [1.54, 1.807) is 0 Å². The minimum atomic E-state index is 0.960. The van der Waals surface area contributed by atoms with Gasteiger partial charge in [-0.25, -0.2) is 0 Å². The second kappa shape index (κ2) is 3.69. The van der Waals surface area contributed by atoms with Crippen LogP contribution >= 0.6 is 0 Å². The number of rotatable bonds is 0. The van der Waals surface area contributed by atoms with Gasteiger partial charge < -0.3 is 0 Å². The van der Waals surface area contributed by atoms with Crippen LogP contribution in [0.3, 0.4) is 0 Å². The summed E-state index contributed by atoms with van der Waals surface area (Å²) in [5.41, 5.74) is 0.960. The molecule has 0 aromatic heterocycles. The van der Waals surface area contributed by atoms with Gasteiger partial charge in [-0.05, 0) is 34.7 Å². The fraction of sp³-hybridized carbons (Fsp3) is 0. The fourth-order valence-corrected chi connectivity index (χ4v) is 1.38. The number of hydrogen-bond donors (Lipinski definition) is 0. The van der Waals surface area contributed by atoms with E-state index >= 15 is 0 Å². The lowest BCUT2D eigenvalue weighted by Crippen LogP contribution is -1.75. The monoisotopic (exact) mass is 176 g/mol. The maximum atomic E-state index is 5.07. The van der Waals surface area contributed by atoms with Crippen LogP contribution < -0.4 is 0 Å². The minimum Gasteiger partial charge on any atom is -0.106 e. The van der Waals surface area contributed by atoms with Crippen LogP contribution in [0.5, 0.6) is 0 Å². The maximum Gasteiger partial charge on any atom is 0.0261 e. The average Bonchev–Trinajstić information content (AvgIpc) is 2.26. The van der Waals surface area contributed by atoms with Gasteiger partial charge in [-0.15, -0.1) is 6.42 Å². The van der Waals surface area contributed by atoms with Crippen molar-refractivity contribution in [2.24, 2.45) is 0 Å². The Balaban J connectivity index is 2.58. The second-order valence-corrected chi connectivity index (χ2v) is 2.96. The molecule has 0 nitrogen and oxygen atoms in total. The molecule has 0 radical (unpaired) electrons. The van der Waals surface area contributed by atoms with Crippen molar-refractivity contribution in [2.45, 2.75) is 0 Å². The van der Waals surface area contributed by atoms with E-state index in [-0.39, 0.29) is 0 Å². The largest absolute Gasteiger partial charge is 0.106 e. The molecule has 2 rings (SSSR count). The summed E-state index contributed by atoms with van der Waals surface area (Å²) in [7, 11) is 0. The zero-order chi connectivity index (χ0) is 9.80. The highest BCUT2D eigenvalue weighted by Gasteiger charge is 1.91. The predicted octanol–water partition coefficient (Wildman–Crippen LogP) is 2.82. The number of terminal acetylenes is 1. The van der Waals surface area contributed by atoms with Crippen LogP contribution in [0, 0.1) is 24.2 Å². The van der Waals surface area contributed by atoms with Crippen molar-refractivity contribution in [1.29, 1.82) is 0 Å². The molecule has 0 atom stereocenters. The molecule has 0 spiro atoms. The Kier molecular flexibility index (Phi) is 2.22. The van der Waals surface area contributed by atoms with Gasteiger partial charge >= 0.3 is 0 Å². The summed E-state index contributed by atoms with van der Waals surface area (Å²) < 4.78 is 0. The third kappa shape index (κ3) is 1.60. The Labute approximate surface area is 83.6 Å². The van der Waals surface area contributed by atoms with E-state index in [9.17, 15) is 0 Å². The summed E-state index contributed by atoms with van der Waals surface area (Å²) >= 11 is 0. The third-order valence-electron chi connectivity index (χ3n) is 2.03. The van der Waals surface area contributed by atoms with Crippen molar-refractivity contribution in [3.05, 3.63) is 48.0 Å². The molecule has 2 aromatic rings. The molecular formula is C14H8. The van der Waals surface area contributed by atoms with Gasteiger partial charge in [0.15, 0.2) is 0 Å². The van der Waals surface area contributed by atoms with E-state index < -0.39 is 0 Å². The fourth-order valence-electron chi connectivity index (χ4n) is 1.38. The number of benzene rings is 2. The minimum absolute atomic E-state index is 0.960. The van der Waals surface area contributed by atoms with Gasteiger partial charge in [0, 0.05) is 5.56 Å². The lowest BCUT2D eigenvalue weighted by Gasteiger charge is -1.96. The van der Waals surface area contributed by atoms with Gasteiger partial charge in [0.1, 0.15) is 0 Å². The lowest BCUT2D eigenvalue weighted by atomic mass is 10.1. The van der Waals surface area contributed by atoms with E-state index in [1.807, 2.05) is 24.3 Å². The van der Waals surface area contributed by atoms with Crippen molar-refractivity contribution < 1.29 is 0 Å². The topological polar surface area (TPSA) is 0 Å². The van der Waals surface area contributed by atoms with Gasteiger partial charge in [-0.2, -0.15) is 0 Å². The molecule has 0 saturated carbocycles. The third-order valence-corrected chi connectivity index (χ3v) is 2.03. The number of hydrogen-bond acceptors (Lipinski definition) is 0. The first-order valence-electron chi connectivity index (χ1n) is 4.35. The quantitative estimate of drug-likeness (QED) is 0.541. The van der Waals surface area contributed by atoms with Crippen LogP contribution in [-0.2, 0) is 0 Å². The molecular weight excluding hydrogens is 168 g/mol. The molecule has 0 bridgehead atoms. The Morgan fingerprint density at radius 2 is 1.71 bits per heavy atom. The summed E-state index contributed by atoms with van der Waals surface area (Å²) in [6, 6.07) is 14.3. The first kappa shape index (κ1) is 8.42. The molecule has 64 valence electrons. The smallest absolute Gasteiger partial charge is 0.0261 e. The van der Waals surface area contributed by atoms with Crippen LogP contribution in [0.25, 0.3) is 10.8 Å². The highest BCUT2D eigenvalue weighted by atomic mass is 14.0. The Bertz CT molecular complexity index is 560. The molecule has 0 fully saturated rings. The first-order valence-corrected chi connectivity index (χ1v) is 4.35.